The molecule has 1 unspecified atom stereocenters. The molecule has 84 valence electrons. The summed E-state index contributed by atoms with van der Waals surface area (Å²) in [5.41, 5.74) is 5.63. The van der Waals surface area contributed by atoms with E-state index in [1.807, 2.05) is 13.0 Å². The molecule has 1 rings (SSSR count). The molecule has 0 heterocycles. The number of hydrogen-bond acceptors (Lipinski definition) is 1. The summed E-state index contributed by atoms with van der Waals surface area (Å²) < 4.78 is 25.1. The Bertz CT molecular complexity index is 350. The van der Waals surface area contributed by atoms with Crippen LogP contribution in [0, 0.1) is 6.92 Å². The van der Waals surface area contributed by atoms with Crippen molar-refractivity contribution >= 4 is 11.6 Å². The summed E-state index contributed by atoms with van der Waals surface area (Å²) >= 11 is 5.91. The predicted molar refractivity (Wildman–Crippen MR) is 58.5 cm³/mol. The van der Waals surface area contributed by atoms with Crippen LogP contribution in [-0.2, 0) is 6.42 Å². The fraction of sp³-hybridized carbons (Fsp3) is 0.455. The molecule has 0 amide bonds. The van der Waals surface area contributed by atoms with Crippen LogP contribution in [0.1, 0.15) is 18.1 Å². The normalized spacial score (nSPS) is 15.4. The number of benzene rings is 1. The molecule has 0 bridgehead atoms. The molecule has 4 heteroatoms. The van der Waals surface area contributed by atoms with Crippen LogP contribution in [-0.4, -0.2) is 12.0 Å². The molecule has 0 aliphatic rings. The van der Waals surface area contributed by atoms with Crippen molar-refractivity contribution in [3.05, 3.63) is 34.3 Å². The van der Waals surface area contributed by atoms with E-state index in [1.165, 1.54) is 6.92 Å². The predicted octanol–water partition coefficient (Wildman–Crippen LogP) is 3.17. The highest BCUT2D eigenvalue weighted by Gasteiger charge is 2.31. The minimum atomic E-state index is -2.56. The number of alkyl halides is 2. The number of aryl methyl sites for hydroxylation is 1. The van der Waals surface area contributed by atoms with Crippen molar-refractivity contribution in [1.82, 2.24) is 0 Å². The monoisotopic (exact) mass is 233 g/mol. The zero-order chi connectivity index (χ0) is 11.6. The number of halogens is 3. The summed E-state index contributed by atoms with van der Waals surface area (Å²) in [6.45, 7) is 3.21. The van der Waals surface area contributed by atoms with E-state index in [-0.39, 0.29) is 6.42 Å². The van der Waals surface area contributed by atoms with Crippen molar-refractivity contribution in [2.24, 2.45) is 5.73 Å². The number of nitrogens with two attached hydrogens (primary N) is 1. The zero-order valence-electron chi connectivity index (χ0n) is 8.73. The smallest absolute Gasteiger partial charge is 0.256 e. The standard InChI is InChI=1S/C11H14ClF2N/c1-7-3-4-9(12)8(5-7)6-11(2,15)10(13)14/h3-5,10H,6,15H2,1-2H3. The van der Waals surface area contributed by atoms with Gasteiger partial charge in [0.2, 0.25) is 0 Å². The van der Waals surface area contributed by atoms with Gasteiger partial charge < -0.3 is 5.73 Å². The summed E-state index contributed by atoms with van der Waals surface area (Å²) in [5.74, 6) is 0. The molecular formula is C11H14ClF2N. The zero-order valence-corrected chi connectivity index (χ0v) is 9.48. The van der Waals surface area contributed by atoms with Crippen LogP contribution in [0.15, 0.2) is 18.2 Å². The summed E-state index contributed by atoms with van der Waals surface area (Å²) in [4.78, 5) is 0. The van der Waals surface area contributed by atoms with Gasteiger partial charge in [0, 0.05) is 5.02 Å². The maximum absolute atomic E-state index is 12.6. The number of rotatable bonds is 3. The lowest BCUT2D eigenvalue weighted by atomic mass is 9.93. The Morgan fingerprint density at radius 1 is 1.47 bits per heavy atom. The summed E-state index contributed by atoms with van der Waals surface area (Å²) in [6, 6.07) is 5.33. The molecule has 0 saturated carbocycles. The van der Waals surface area contributed by atoms with Gasteiger partial charge in [-0.15, -0.1) is 0 Å². The van der Waals surface area contributed by atoms with Crippen LogP contribution in [0.5, 0.6) is 0 Å². The molecule has 0 radical (unpaired) electrons. The van der Waals surface area contributed by atoms with E-state index < -0.39 is 12.0 Å². The van der Waals surface area contributed by atoms with Gasteiger partial charge in [-0.2, -0.15) is 0 Å². The van der Waals surface area contributed by atoms with Gasteiger partial charge in [0.15, 0.2) is 0 Å². The second-order valence-corrected chi connectivity index (χ2v) is 4.49. The Morgan fingerprint density at radius 3 is 2.60 bits per heavy atom. The number of hydrogen-bond donors (Lipinski definition) is 1. The van der Waals surface area contributed by atoms with Crippen molar-refractivity contribution < 1.29 is 8.78 Å². The third kappa shape index (κ3) is 3.14. The van der Waals surface area contributed by atoms with E-state index in [1.54, 1.807) is 12.1 Å². The topological polar surface area (TPSA) is 26.0 Å². The first-order valence-electron chi connectivity index (χ1n) is 4.65. The molecule has 1 aromatic carbocycles. The second-order valence-electron chi connectivity index (χ2n) is 4.08. The molecule has 1 aromatic rings. The molecule has 15 heavy (non-hydrogen) atoms. The first-order valence-corrected chi connectivity index (χ1v) is 5.03. The van der Waals surface area contributed by atoms with E-state index in [0.29, 0.717) is 10.6 Å². The third-order valence-electron chi connectivity index (χ3n) is 2.27. The molecule has 0 aliphatic carbocycles. The Kier molecular flexibility index (Phi) is 3.68. The SMILES string of the molecule is Cc1ccc(Cl)c(CC(C)(N)C(F)F)c1. The van der Waals surface area contributed by atoms with E-state index in [0.717, 1.165) is 5.56 Å². The largest absolute Gasteiger partial charge is 0.320 e. The molecule has 2 N–H and O–H groups in total. The molecule has 0 spiro atoms. The van der Waals surface area contributed by atoms with Crippen LogP contribution >= 0.6 is 11.6 Å². The molecule has 0 fully saturated rings. The average molecular weight is 234 g/mol. The quantitative estimate of drug-likeness (QED) is 0.853. The highest BCUT2D eigenvalue weighted by Crippen LogP contribution is 2.24. The van der Waals surface area contributed by atoms with E-state index >= 15 is 0 Å². The molecule has 0 saturated heterocycles. The van der Waals surface area contributed by atoms with Gasteiger partial charge in [0.05, 0.1) is 5.54 Å². The first-order chi connectivity index (χ1) is 6.83. The van der Waals surface area contributed by atoms with Crippen LogP contribution < -0.4 is 5.73 Å². The van der Waals surface area contributed by atoms with Crippen molar-refractivity contribution in [2.45, 2.75) is 32.2 Å². The fourth-order valence-corrected chi connectivity index (χ4v) is 1.51. The van der Waals surface area contributed by atoms with E-state index in [4.69, 9.17) is 17.3 Å². The van der Waals surface area contributed by atoms with Gasteiger partial charge in [-0.25, -0.2) is 8.78 Å². The molecule has 0 aliphatic heterocycles. The fourth-order valence-electron chi connectivity index (χ4n) is 1.33. The van der Waals surface area contributed by atoms with Crippen molar-refractivity contribution in [1.29, 1.82) is 0 Å². The van der Waals surface area contributed by atoms with Gasteiger partial charge in [0.25, 0.3) is 6.43 Å². The van der Waals surface area contributed by atoms with Gasteiger partial charge in [-0.3, -0.25) is 0 Å². The maximum Gasteiger partial charge on any atom is 0.256 e. The molecule has 1 atom stereocenters. The average Bonchev–Trinajstić information content (AvgIpc) is 2.10. The Labute approximate surface area is 93.2 Å². The lowest BCUT2D eigenvalue weighted by Gasteiger charge is -2.24. The Balaban J connectivity index is 2.94. The van der Waals surface area contributed by atoms with Gasteiger partial charge in [-0.1, -0.05) is 29.3 Å². The minimum Gasteiger partial charge on any atom is -0.320 e. The minimum absolute atomic E-state index is 0.0746. The molecule has 0 aromatic heterocycles. The Hall–Kier alpha value is -0.670. The van der Waals surface area contributed by atoms with Crippen molar-refractivity contribution in [3.63, 3.8) is 0 Å². The molecule has 1 nitrogen and oxygen atoms in total. The van der Waals surface area contributed by atoms with Gasteiger partial charge in [0.1, 0.15) is 0 Å². The third-order valence-corrected chi connectivity index (χ3v) is 2.64. The molecular weight excluding hydrogens is 220 g/mol. The Morgan fingerprint density at radius 2 is 2.07 bits per heavy atom. The maximum atomic E-state index is 12.6. The summed E-state index contributed by atoms with van der Waals surface area (Å²) in [7, 11) is 0. The van der Waals surface area contributed by atoms with Crippen LogP contribution in [0.25, 0.3) is 0 Å². The van der Waals surface area contributed by atoms with Crippen LogP contribution in [0.4, 0.5) is 8.78 Å². The second kappa shape index (κ2) is 4.45. The first kappa shape index (κ1) is 12.4. The lowest BCUT2D eigenvalue weighted by Crippen LogP contribution is -2.45. The van der Waals surface area contributed by atoms with Crippen molar-refractivity contribution in [3.8, 4) is 0 Å². The summed E-state index contributed by atoms with van der Waals surface area (Å²) in [5, 5.41) is 0.484. The van der Waals surface area contributed by atoms with Crippen molar-refractivity contribution in [2.75, 3.05) is 0 Å². The highest BCUT2D eigenvalue weighted by molar-refractivity contribution is 6.31. The summed E-state index contributed by atoms with van der Waals surface area (Å²) in [6.07, 6.45) is -2.49. The lowest BCUT2D eigenvalue weighted by molar-refractivity contribution is 0.0639. The van der Waals surface area contributed by atoms with E-state index in [9.17, 15) is 8.78 Å². The van der Waals surface area contributed by atoms with E-state index in [2.05, 4.69) is 0 Å². The highest BCUT2D eigenvalue weighted by atomic mass is 35.5. The van der Waals surface area contributed by atoms with Crippen LogP contribution in [0.3, 0.4) is 0 Å². The van der Waals surface area contributed by atoms with Gasteiger partial charge >= 0.3 is 0 Å². The van der Waals surface area contributed by atoms with Gasteiger partial charge in [-0.05, 0) is 31.9 Å². The van der Waals surface area contributed by atoms with Crippen LogP contribution in [0.2, 0.25) is 5.02 Å².